The van der Waals surface area contributed by atoms with Crippen molar-refractivity contribution in [3.63, 3.8) is 0 Å². The van der Waals surface area contributed by atoms with Crippen LogP contribution in [0.1, 0.15) is 16.7 Å². The van der Waals surface area contributed by atoms with Crippen LogP contribution < -0.4 is 5.63 Å². The van der Waals surface area contributed by atoms with E-state index in [1.807, 2.05) is 0 Å². The van der Waals surface area contributed by atoms with Crippen LogP contribution in [0.3, 0.4) is 0 Å². The number of aryl methyl sites for hydroxylation is 1. The van der Waals surface area contributed by atoms with Crippen molar-refractivity contribution in [3.8, 4) is 5.75 Å². The highest BCUT2D eigenvalue weighted by Crippen LogP contribution is 2.28. The SMILES string of the molecule is Cc1cc(F)ccc1Cc1c(O)c2ccccc2oc1=O. The lowest BCUT2D eigenvalue weighted by atomic mass is 10.00. The molecule has 1 N–H and O–H groups in total. The Labute approximate surface area is 120 Å². The molecule has 4 heteroatoms. The summed E-state index contributed by atoms with van der Waals surface area (Å²) in [5.41, 5.74) is 1.45. The summed E-state index contributed by atoms with van der Waals surface area (Å²) in [5.74, 6) is -0.406. The number of rotatable bonds is 2. The summed E-state index contributed by atoms with van der Waals surface area (Å²) in [6.45, 7) is 1.76. The molecule has 21 heavy (non-hydrogen) atoms. The van der Waals surface area contributed by atoms with Gasteiger partial charge in [0.2, 0.25) is 0 Å². The van der Waals surface area contributed by atoms with Crippen molar-refractivity contribution in [2.75, 3.05) is 0 Å². The van der Waals surface area contributed by atoms with E-state index in [1.54, 1.807) is 37.3 Å². The minimum atomic E-state index is -0.574. The number of hydrogen-bond donors (Lipinski definition) is 1. The first kappa shape index (κ1) is 13.4. The second kappa shape index (κ2) is 5.05. The first-order chi connectivity index (χ1) is 10.1. The molecule has 0 fully saturated rings. The van der Waals surface area contributed by atoms with Gasteiger partial charge >= 0.3 is 5.63 Å². The first-order valence-corrected chi connectivity index (χ1v) is 6.55. The summed E-state index contributed by atoms with van der Waals surface area (Å²) >= 11 is 0. The van der Waals surface area contributed by atoms with E-state index < -0.39 is 5.63 Å². The molecule has 0 aliphatic rings. The zero-order valence-corrected chi connectivity index (χ0v) is 11.4. The minimum absolute atomic E-state index is 0.0782. The summed E-state index contributed by atoms with van der Waals surface area (Å²) in [4.78, 5) is 12.0. The molecule has 0 radical (unpaired) electrons. The standard InChI is InChI=1S/C17H13FO3/c1-10-8-12(18)7-6-11(10)9-14-16(19)13-4-2-3-5-15(13)21-17(14)20/h2-8,19H,9H2,1H3. The quantitative estimate of drug-likeness (QED) is 0.732. The Kier molecular flexibility index (Phi) is 3.22. The number of benzene rings is 2. The molecular weight excluding hydrogens is 271 g/mol. The van der Waals surface area contributed by atoms with Gasteiger partial charge in [0.25, 0.3) is 0 Å². The Balaban J connectivity index is 2.14. The Hall–Kier alpha value is -2.62. The third-order valence-corrected chi connectivity index (χ3v) is 3.55. The molecule has 0 amide bonds. The molecule has 3 aromatic rings. The smallest absolute Gasteiger partial charge is 0.343 e. The molecule has 0 aliphatic heterocycles. The fourth-order valence-corrected chi connectivity index (χ4v) is 2.38. The van der Waals surface area contributed by atoms with Crippen LogP contribution in [0.15, 0.2) is 51.7 Å². The van der Waals surface area contributed by atoms with Gasteiger partial charge in [0.05, 0.1) is 10.9 Å². The highest BCUT2D eigenvalue weighted by molar-refractivity contribution is 5.84. The summed E-state index contributed by atoms with van der Waals surface area (Å²) in [6.07, 6.45) is 0.200. The van der Waals surface area contributed by atoms with Crippen LogP contribution in [0.2, 0.25) is 0 Å². The number of aromatic hydroxyl groups is 1. The molecule has 0 unspecified atom stereocenters. The van der Waals surface area contributed by atoms with E-state index in [0.717, 1.165) is 11.1 Å². The lowest BCUT2D eigenvalue weighted by Gasteiger charge is -2.08. The topological polar surface area (TPSA) is 50.4 Å². The van der Waals surface area contributed by atoms with Crippen molar-refractivity contribution in [3.05, 3.63) is 75.4 Å². The van der Waals surface area contributed by atoms with Gasteiger partial charge in [-0.3, -0.25) is 0 Å². The summed E-state index contributed by atoms with van der Waals surface area (Å²) in [7, 11) is 0. The Morgan fingerprint density at radius 2 is 1.95 bits per heavy atom. The third kappa shape index (κ3) is 2.40. The molecule has 0 saturated heterocycles. The van der Waals surface area contributed by atoms with E-state index in [2.05, 4.69) is 0 Å². The molecule has 3 nitrogen and oxygen atoms in total. The molecule has 0 saturated carbocycles. The minimum Gasteiger partial charge on any atom is -0.507 e. The van der Waals surface area contributed by atoms with Gasteiger partial charge in [-0.05, 0) is 42.3 Å². The van der Waals surface area contributed by atoms with Crippen molar-refractivity contribution in [1.82, 2.24) is 0 Å². The van der Waals surface area contributed by atoms with E-state index >= 15 is 0 Å². The zero-order valence-electron chi connectivity index (χ0n) is 11.4. The highest BCUT2D eigenvalue weighted by atomic mass is 19.1. The fraction of sp³-hybridized carbons (Fsp3) is 0.118. The normalized spacial score (nSPS) is 11.0. The lowest BCUT2D eigenvalue weighted by Crippen LogP contribution is -2.09. The lowest BCUT2D eigenvalue weighted by molar-refractivity contribution is 0.458. The summed E-state index contributed by atoms with van der Waals surface area (Å²) in [6, 6.07) is 11.2. The Bertz CT molecular complexity index is 881. The van der Waals surface area contributed by atoms with Crippen molar-refractivity contribution in [2.45, 2.75) is 13.3 Å². The molecule has 0 spiro atoms. The van der Waals surface area contributed by atoms with Gasteiger partial charge in [-0.2, -0.15) is 0 Å². The van der Waals surface area contributed by atoms with Crippen molar-refractivity contribution < 1.29 is 13.9 Å². The van der Waals surface area contributed by atoms with Crippen LogP contribution in [0.5, 0.6) is 5.75 Å². The maximum Gasteiger partial charge on any atom is 0.343 e. The molecular formula is C17H13FO3. The van der Waals surface area contributed by atoms with E-state index in [0.29, 0.717) is 11.0 Å². The van der Waals surface area contributed by atoms with Crippen LogP contribution in [0.4, 0.5) is 4.39 Å². The molecule has 0 bridgehead atoms. The van der Waals surface area contributed by atoms with Crippen LogP contribution in [0, 0.1) is 12.7 Å². The Morgan fingerprint density at radius 3 is 2.71 bits per heavy atom. The van der Waals surface area contributed by atoms with E-state index in [-0.39, 0.29) is 23.6 Å². The van der Waals surface area contributed by atoms with Gasteiger partial charge in [0.1, 0.15) is 17.1 Å². The van der Waals surface area contributed by atoms with E-state index in [9.17, 15) is 14.3 Å². The first-order valence-electron chi connectivity index (χ1n) is 6.55. The van der Waals surface area contributed by atoms with Gasteiger partial charge < -0.3 is 9.52 Å². The molecule has 0 aliphatic carbocycles. The van der Waals surface area contributed by atoms with Crippen LogP contribution in [0.25, 0.3) is 11.0 Å². The number of para-hydroxylation sites is 1. The van der Waals surface area contributed by atoms with Gasteiger partial charge in [-0.15, -0.1) is 0 Å². The predicted octanol–water partition coefficient (Wildman–Crippen LogP) is 3.54. The molecule has 2 aromatic carbocycles. The number of hydrogen-bond acceptors (Lipinski definition) is 3. The second-order valence-electron chi connectivity index (χ2n) is 4.96. The van der Waals surface area contributed by atoms with E-state index in [1.165, 1.54) is 12.1 Å². The van der Waals surface area contributed by atoms with Crippen LogP contribution in [-0.4, -0.2) is 5.11 Å². The van der Waals surface area contributed by atoms with Crippen molar-refractivity contribution in [2.24, 2.45) is 0 Å². The van der Waals surface area contributed by atoms with Crippen LogP contribution in [-0.2, 0) is 6.42 Å². The van der Waals surface area contributed by atoms with Gasteiger partial charge in [0.15, 0.2) is 0 Å². The molecule has 0 atom stereocenters. The Morgan fingerprint density at radius 1 is 1.19 bits per heavy atom. The van der Waals surface area contributed by atoms with Crippen LogP contribution >= 0.6 is 0 Å². The van der Waals surface area contributed by atoms with Crippen molar-refractivity contribution in [1.29, 1.82) is 0 Å². The largest absolute Gasteiger partial charge is 0.507 e. The average molecular weight is 284 g/mol. The third-order valence-electron chi connectivity index (χ3n) is 3.55. The van der Waals surface area contributed by atoms with E-state index in [4.69, 9.17) is 4.42 Å². The summed E-state index contributed by atoms with van der Waals surface area (Å²) in [5, 5.41) is 10.8. The molecule has 1 heterocycles. The number of fused-ring (bicyclic) bond motifs is 1. The van der Waals surface area contributed by atoms with Crippen molar-refractivity contribution >= 4 is 11.0 Å². The summed E-state index contributed by atoms with van der Waals surface area (Å²) < 4.78 is 18.3. The predicted molar refractivity (Wildman–Crippen MR) is 78.1 cm³/mol. The monoisotopic (exact) mass is 284 g/mol. The van der Waals surface area contributed by atoms with Gasteiger partial charge in [0, 0.05) is 6.42 Å². The van der Waals surface area contributed by atoms with Gasteiger partial charge in [-0.25, -0.2) is 9.18 Å². The average Bonchev–Trinajstić information content (AvgIpc) is 2.45. The van der Waals surface area contributed by atoms with Gasteiger partial charge in [-0.1, -0.05) is 18.2 Å². The molecule has 3 rings (SSSR count). The maximum atomic E-state index is 13.1. The second-order valence-corrected chi connectivity index (χ2v) is 4.96. The highest BCUT2D eigenvalue weighted by Gasteiger charge is 2.15. The molecule has 1 aromatic heterocycles. The maximum absolute atomic E-state index is 13.1. The zero-order chi connectivity index (χ0) is 15.0. The fourth-order valence-electron chi connectivity index (χ4n) is 2.38. The number of halogens is 1. The molecule has 106 valence electrons.